The van der Waals surface area contributed by atoms with Gasteiger partial charge in [-0.3, -0.25) is 9.59 Å². The van der Waals surface area contributed by atoms with Crippen LogP contribution >= 0.6 is 11.6 Å². The molecular weight excluding hydrogens is 496 g/mol. The van der Waals surface area contributed by atoms with Crippen molar-refractivity contribution in [3.8, 4) is 5.75 Å². The summed E-state index contributed by atoms with van der Waals surface area (Å²) in [4.78, 5) is 29.2. The topological polar surface area (TPSA) is 58.6 Å². The molecule has 1 saturated carbocycles. The fourth-order valence-corrected chi connectivity index (χ4v) is 5.04. The smallest absolute Gasteiger partial charge is 0.261 e. The van der Waals surface area contributed by atoms with E-state index in [-0.39, 0.29) is 24.5 Å². The molecule has 0 heterocycles. The molecular formula is C32H37ClN2O3. The summed E-state index contributed by atoms with van der Waals surface area (Å²) in [7, 11) is 0. The molecule has 6 heteroatoms. The Kier molecular flexibility index (Phi) is 9.83. The zero-order valence-electron chi connectivity index (χ0n) is 22.3. The number of hydrogen-bond acceptors (Lipinski definition) is 3. The van der Waals surface area contributed by atoms with Gasteiger partial charge in [-0.05, 0) is 61.6 Å². The molecule has 1 unspecified atom stereocenters. The minimum atomic E-state index is -0.663. The van der Waals surface area contributed by atoms with Gasteiger partial charge in [0, 0.05) is 24.0 Å². The van der Waals surface area contributed by atoms with Crippen molar-refractivity contribution in [3.05, 3.63) is 100 Å². The van der Waals surface area contributed by atoms with Crippen molar-refractivity contribution < 1.29 is 14.3 Å². The highest BCUT2D eigenvalue weighted by Gasteiger charge is 2.32. The first-order valence-electron chi connectivity index (χ1n) is 13.5. The Bertz CT molecular complexity index is 1210. The fraction of sp³-hybridized carbons (Fsp3) is 0.375. The third-order valence-corrected chi connectivity index (χ3v) is 7.61. The molecule has 38 heavy (non-hydrogen) atoms. The van der Waals surface area contributed by atoms with Crippen LogP contribution in [0.3, 0.4) is 0 Å². The number of amides is 2. The van der Waals surface area contributed by atoms with E-state index in [0.717, 1.165) is 47.9 Å². The third kappa shape index (κ3) is 7.84. The molecule has 1 aliphatic rings. The van der Waals surface area contributed by atoms with Crippen molar-refractivity contribution in [2.45, 2.75) is 71.0 Å². The van der Waals surface area contributed by atoms with Crippen LogP contribution in [-0.4, -0.2) is 35.4 Å². The van der Waals surface area contributed by atoms with Gasteiger partial charge in [-0.15, -0.1) is 0 Å². The molecule has 2 amide bonds. The molecule has 3 aromatic rings. The van der Waals surface area contributed by atoms with E-state index in [0.29, 0.717) is 23.7 Å². The molecule has 1 atom stereocenters. The summed E-state index contributed by atoms with van der Waals surface area (Å²) in [6, 6.07) is 22.8. The van der Waals surface area contributed by atoms with Gasteiger partial charge in [0.25, 0.3) is 5.91 Å². The lowest BCUT2D eigenvalue weighted by Crippen LogP contribution is -2.53. The molecule has 4 rings (SSSR count). The van der Waals surface area contributed by atoms with Crippen LogP contribution < -0.4 is 10.1 Å². The molecule has 3 aromatic carbocycles. The predicted molar refractivity (Wildman–Crippen MR) is 152 cm³/mol. The van der Waals surface area contributed by atoms with Crippen LogP contribution in [0.5, 0.6) is 5.75 Å². The number of carbonyl (C=O) groups excluding carboxylic acids is 2. The number of rotatable bonds is 10. The molecule has 1 fully saturated rings. The maximum Gasteiger partial charge on any atom is 0.261 e. The summed E-state index contributed by atoms with van der Waals surface area (Å²) >= 11 is 6.15. The Labute approximate surface area is 231 Å². The molecule has 0 bridgehead atoms. The summed E-state index contributed by atoms with van der Waals surface area (Å²) in [5.74, 6) is 0.225. The fourth-order valence-electron chi connectivity index (χ4n) is 4.92. The predicted octanol–water partition coefficient (Wildman–Crippen LogP) is 6.42. The first-order valence-corrected chi connectivity index (χ1v) is 13.8. The van der Waals surface area contributed by atoms with Gasteiger partial charge >= 0.3 is 0 Å². The van der Waals surface area contributed by atoms with Crippen LogP contribution in [0.4, 0.5) is 0 Å². The van der Waals surface area contributed by atoms with E-state index in [2.05, 4.69) is 5.32 Å². The monoisotopic (exact) mass is 532 g/mol. The van der Waals surface area contributed by atoms with Crippen LogP contribution in [0, 0.1) is 13.8 Å². The number of hydrogen-bond donors (Lipinski definition) is 1. The third-order valence-electron chi connectivity index (χ3n) is 7.19. The summed E-state index contributed by atoms with van der Waals surface area (Å²) in [5.41, 5.74) is 3.99. The summed E-state index contributed by atoms with van der Waals surface area (Å²) in [6.07, 6.45) is 5.84. The molecule has 200 valence electrons. The van der Waals surface area contributed by atoms with Crippen molar-refractivity contribution in [2.75, 3.05) is 6.61 Å². The number of nitrogens with zero attached hydrogens (tertiary/aromatic N) is 1. The Morgan fingerprint density at radius 3 is 2.34 bits per heavy atom. The summed E-state index contributed by atoms with van der Waals surface area (Å²) < 4.78 is 5.89. The van der Waals surface area contributed by atoms with E-state index in [1.54, 1.807) is 17.0 Å². The largest absolute Gasteiger partial charge is 0.484 e. The van der Waals surface area contributed by atoms with Crippen molar-refractivity contribution >= 4 is 23.4 Å². The standard InChI is InChI=1S/C32H37ClN2O3/c1-23-13-15-26(16-14-23)21-35(31(36)22-38-28-17-18-29(33)24(2)19-28)30(20-25-9-5-3-6-10-25)32(37)34-27-11-7-4-8-12-27/h3,5-6,9-10,13-19,27,30H,4,7-8,11-12,20-22H2,1-2H3,(H,34,37). The van der Waals surface area contributed by atoms with Crippen LogP contribution in [0.1, 0.15) is 54.4 Å². The van der Waals surface area contributed by atoms with Crippen molar-refractivity contribution in [1.29, 1.82) is 0 Å². The molecule has 0 saturated heterocycles. The van der Waals surface area contributed by atoms with Gasteiger partial charge in [0.15, 0.2) is 6.61 Å². The lowest BCUT2D eigenvalue weighted by atomic mass is 9.94. The lowest BCUT2D eigenvalue weighted by Gasteiger charge is -2.33. The van der Waals surface area contributed by atoms with E-state index < -0.39 is 6.04 Å². The molecule has 0 aromatic heterocycles. The van der Waals surface area contributed by atoms with Gasteiger partial charge in [0.2, 0.25) is 5.91 Å². The second-order valence-electron chi connectivity index (χ2n) is 10.3. The molecule has 5 nitrogen and oxygen atoms in total. The first kappa shape index (κ1) is 27.7. The number of nitrogens with one attached hydrogen (secondary N) is 1. The average Bonchev–Trinajstić information content (AvgIpc) is 2.93. The van der Waals surface area contributed by atoms with Crippen molar-refractivity contribution in [3.63, 3.8) is 0 Å². The highest BCUT2D eigenvalue weighted by molar-refractivity contribution is 6.31. The average molecular weight is 533 g/mol. The molecule has 0 radical (unpaired) electrons. The second kappa shape index (κ2) is 13.5. The van der Waals surface area contributed by atoms with E-state index in [9.17, 15) is 9.59 Å². The number of halogens is 1. The Morgan fingerprint density at radius 2 is 1.66 bits per heavy atom. The number of carbonyl (C=O) groups is 2. The number of ether oxygens (including phenoxy) is 1. The number of aryl methyl sites for hydroxylation is 2. The van der Waals surface area contributed by atoms with Gasteiger partial charge < -0.3 is 15.0 Å². The van der Waals surface area contributed by atoms with Crippen LogP contribution in [0.25, 0.3) is 0 Å². The maximum absolute atomic E-state index is 13.8. The van der Waals surface area contributed by atoms with Gasteiger partial charge in [0.05, 0.1) is 0 Å². The van der Waals surface area contributed by atoms with Crippen LogP contribution in [0.2, 0.25) is 5.02 Å². The molecule has 1 aliphatic carbocycles. The Balaban J connectivity index is 1.60. The van der Waals surface area contributed by atoms with Gasteiger partial charge in [-0.25, -0.2) is 0 Å². The zero-order chi connectivity index (χ0) is 26.9. The minimum Gasteiger partial charge on any atom is -0.484 e. The van der Waals surface area contributed by atoms with E-state index >= 15 is 0 Å². The van der Waals surface area contributed by atoms with E-state index in [1.807, 2.05) is 74.5 Å². The lowest BCUT2D eigenvalue weighted by molar-refractivity contribution is -0.143. The highest BCUT2D eigenvalue weighted by atomic mass is 35.5. The Hall–Kier alpha value is -3.31. The molecule has 0 spiro atoms. The number of benzene rings is 3. The van der Waals surface area contributed by atoms with Crippen molar-refractivity contribution in [1.82, 2.24) is 10.2 Å². The van der Waals surface area contributed by atoms with Gasteiger partial charge in [-0.1, -0.05) is 91.0 Å². The second-order valence-corrected chi connectivity index (χ2v) is 10.7. The SMILES string of the molecule is Cc1ccc(CN(C(=O)COc2ccc(Cl)c(C)c2)C(Cc2ccccc2)C(=O)NC2CCCCC2)cc1. The molecule has 1 N–H and O–H groups in total. The quantitative estimate of drug-likeness (QED) is 0.327. The Morgan fingerprint density at radius 1 is 0.947 bits per heavy atom. The van der Waals surface area contributed by atoms with E-state index in [1.165, 1.54) is 6.42 Å². The van der Waals surface area contributed by atoms with Crippen LogP contribution in [-0.2, 0) is 22.6 Å². The van der Waals surface area contributed by atoms with Gasteiger partial charge in [-0.2, -0.15) is 0 Å². The van der Waals surface area contributed by atoms with Crippen molar-refractivity contribution in [2.24, 2.45) is 0 Å². The first-order chi connectivity index (χ1) is 18.4. The maximum atomic E-state index is 13.8. The zero-order valence-corrected chi connectivity index (χ0v) is 23.0. The normalized spacial score (nSPS) is 14.5. The summed E-state index contributed by atoms with van der Waals surface area (Å²) in [6.45, 7) is 4.07. The highest BCUT2D eigenvalue weighted by Crippen LogP contribution is 2.22. The molecule has 0 aliphatic heterocycles. The minimum absolute atomic E-state index is 0.108. The van der Waals surface area contributed by atoms with E-state index in [4.69, 9.17) is 16.3 Å². The van der Waals surface area contributed by atoms with Gasteiger partial charge in [0.1, 0.15) is 11.8 Å². The van der Waals surface area contributed by atoms with Crippen LogP contribution in [0.15, 0.2) is 72.8 Å². The summed E-state index contributed by atoms with van der Waals surface area (Å²) in [5, 5.41) is 3.91.